The molecule has 1 aliphatic carbocycles. The molecule has 172 valence electrons. The van der Waals surface area contributed by atoms with Gasteiger partial charge in [0, 0.05) is 36.6 Å². The summed E-state index contributed by atoms with van der Waals surface area (Å²) < 4.78 is 26.7. The van der Waals surface area contributed by atoms with Crippen LogP contribution in [0.3, 0.4) is 0 Å². The van der Waals surface area contributed by atoms with Crippen LogP contribution < -0.4 is 10.2 Å². The highest BCUT2D eigenvalue weighted by atomic mass is 32.2. The Labute approximate surface area is 192 Å². The van der Waals surface area contributed by atoms with Crippen LogP contribution in [0.25, 0.3) is 0 Å². The number of fused-ring (bicyclic) bond motifs is 1. The van der Waals surface area contributed by atoms with Gasteiger partial charge in [-0.25, -0.2) is 13.4 Å². The normalized spacial score (nSPS) is 18.8. The fourth-order valence-corrected chi connectivity index (χ4v) is 6.77. The van der Waals surface area contributed by atoms with E-state index in [0.717, 1.165) is 31.4 Å². The zero-order chi connectivity index (χ0) is 22.9. The first-order valence-electron chi connectivity index (χ1n) is 11.0. The number of carbonyl (C=O) groups is 2. The van der Waals surface area contributed by atoms with Gasteiger partial charge in [-0.05, 0) is 49.9 Å². The molecule has 0 unspecified atom stereocenters. The molecule has 0 radical (unpaired) electrons. The zero-order valence-electron chi connectivity index (χ0n) is 18.3. The third-order valence-corrected chi connectivity index (χ3v) is 9.20. The average Bonchev–Trinajstić information content (AvgIpc) is 3.37. The lowest BCUT2D eigenvalue weighted by molar-refractivity contribution is -0.122. The third kappa shape index (κ3) is 4.44. The summed E-state index contributed by atoms with van der Waals surface area (Å²) in [7, 11) is -3.56. The Morgan fingerprint density at radius 3 is 2.53 bits per heavy atom. The maximum atomic E-state index is 12.8. The molecule has 2 aromatic rings. The van der Waals surface area contributed by atoms with Crippen molar-refractivity contribution in [2.24, 2.45) is 5.92 Å². The second kappa shape index (κ2) is 9.29. The summed E-state index contributed by atoms with van der Waals surface area (Å²) in [5.41, 5.74) is 1.67. The molecule has 2 heterocycles. The Hall–Kier alpha value is -2.30. The fraction of sp³-hybridized carbons (Fsp3) is 0.500. The van der Waals surface area contributed by atoms with E-state index in [1.54, 1.807) is 30.9 Å². The summed E-state index contributed by atoms with van der Waals surface area (Å²) in [5, 5.41) is 3.50. The molecule has 1 aromatic heterocycles. The van der Waals surface area contributed by atoms with Gasteiger partial charge in [-0.3, -0.25) is 9.59 Å². The van der Waals surface area contributed by atoms with E-state index < -0.39 is 15.9 Å². The Bertz CT molecular complexity index is 1080. The van der Waals surface area contributed by atoms with Crippen LogP contribution in [0.4, 0.5) is 10.8 Å². The number of sulfonamides is 1. The summed E-state index contributed by atoms with van der Waals surface area (Å²) >= 11 is 1.53. The number of hydrogen-bond donors (Lipinski definition) is 1. The van der Waals surface area contributed by atoms with E-state index in [9.17, 15) is 18.0 Å². The van der Waals surface area contributed by atoms with Crippen LogP contribution in [0, 0.1) is 5.92 Å². The third-order valence-electron chi connectivity index (χ3n) is 6.06. The van der Waals surface area contributed by atoms with Crippen LogP contribution in [-0.2, 0) is 32.5 Å². The largest absolute Gasteiger partial charge is 0.312 e. The number of aromatic nitrogens is 1. The van der Waals surface area contributed by atoms with Gasteiger partial charge >= 0.3 is 0 Å². The topological polar surface area (TPSA) is 99.7 Å². The average molecular weight is 477 g/mol. The van der Waals surface area contributed by atoms with Crippen molar-refractivity contribution >= 4 is 44.0 Å². The van der Waals surface area contributed by atoms with E-state index in [1.165, 1.54) is 32.7 Å². The number of anilines is 2. The van der Waals surface area contributed by atoms with Crippen molar-refractivity contribution in [3.63, 3.8) is 0 Å². The van der Waals surface area contributed by atoms with Crippen molar-refractivity contribution in [1.82, 2.24) is 9.29 Å². The first kappa shape index (κ1) is 22.9. The first-order valence-corrected chi connectivity index (χ1v) is 13.3. The monoisotopic (exact) mass is 476 g/mol. The van der Waals surface area contributed by atoms with Crippen molar-refractivity contribution in [2.45, 2.75) is 50.8 Å². The number of hydrogen-bond acceptors (Lipinski definition) is 6. The van der Waals surface area contributed by atoms with Crippen molar-refractivity contribution in [2.75, 3.05) is 29.9 Å². The van der Waals surface area contributed by atoms with Crippen LogP contribution in [0.1, 0.15) is 43.7 Å². The lowest BCUT2D eigenvalue weighted by atomic mass is 10.0. The lowest BCUT2D eigenvalue weighted by Gasteiger charge is -2.20. The van der Waals surface area contributed by atoms with Gasteiger partial charge in [-0.15, -0.1) is 11.3 Å². The van der Waals surface area contributed by atoms with Gasteiger partial charge in [0.1, 0.15) is 0 Å². The number of amides is 2. The highest BCUT2D eigenvalue weighted by molar-refractivity contribution is 7.89. The summed E-state index contributed by atoms with van der Waals surface area (Å²) in [4.78, 5) is 32.9. The van der Waals surface area contributed by atoms with Crippen molar-refractivity contribution in [3.05, 3.63) is 34.8 Å². The summed E-state index contributed by atoms with van der Waals surface area (Å²) in [5.74, 6) is -0.821. The minimum absolute atomic E-state index is 0.121. The molecule has 2 amide bonds. The van der Waals surface area contributed by atoms with E-state index in [2.05, 4.69) is 10.3 Å². The molecule has 1 N–H and O–H groups in total. The molecular weight excluding hydrogens is 448 g/mol. The number of aryl methyl sites for hydroxylation is 2. The second-order valence-electron chi connectivity index (χ2n) is 8.07. The maximum Gasteiger partial charge on any atom is 0.243 e. The molecule has 1 aromatic carbocycles. The first-order chi connectivity index (χ1) is 15.3. The zero-order valence-corrected chi connectivity index (χ0v) is 20.0. The van der Waals surface area contributed by atoms with Gasteiger partial charge in [-0.1, -0.05) is 13.8 Å². The van der Waals surface area contributed by atoms with E-state index >= 15 is 0 Å². The summed E-state index contributed by atoms with van der Waals surface area (Å²) in [6, 6.07) is 6.29. The molecule has 10 heteroatoms. The maximum absolute atomic E-state index is 12.8. The number of nitrogens with one attached hydrogen (secondary N) is 1. The molecule has 1 aliphatic heterocycles. The predicted octanol–water partition coefficient (Wildman–Crippen LogP) is 3.04. The fourth-order valence-electron chi connectivity index (χ4n) is 4.26. The van der Waals surface area contributed by atoms with Gasteiger partial charge < -0.3 is 10.2 Å². The van der Waals surface area contributed by atoms with E-state index in [0.29, 0.717) is 23.9 Å². The van der Waals surface area contributed by atoms with Gasteiger partial charge in [0.25, 0.3) is 0 Å². The molecule has 8 nitrogen and oxygen atoms in total. The number of carbonyl (C=O) groups excluding carboxylic acids is 2. The molecule has 1 atom stereocenters. The highest BCUT2D eigenvalue weighted by Gasteiger charge is 2.36. The van der Waals surface area contributed by atoms with Crippen LogP contribution in [0.15, 0.2) is 29.2 Å². The summed E-state index contributed by atoms with van der Waals surface area (Å²) in [6.45, 7) is 4.64. The Kier molecular flexibility index (Phi) is 6.64. The number of rotatable bonds is 7. The van der Waals surface area contributed by atoms with Crippen LogP contribution in [0.2, 0.25) is 0 Å². The van der Waals surface area contributed by atoms with Crippen molar-refractivity contribution in [3.8, 4) is 0 Å². The van der Waals surface area contributed by atoms with Crippen LogP contribution in [0.5, 0.6) is 0 Å². The SMILES string of the molecule is CCN(CC)S(=O)(=O)c1ccc(N2C[C@@H](C(=O)Nc3nc4c(s3)CCCC4)CC2=O)cc1. The molecule has 1 fully saturated rings. The number of benzene rings is 1. The van der Waals surface area contributed by atoms with Crippen LogP contribution >= 0.6 is 11.3 Å². The second-order valence-corrected chi connectivity index (χ2v) is 11.1. The van der Waals surface area contributed by atoms with Crippen molar-refractivity contribution < 1.29 is 18.0 Å². The Morgan fingerprint density at radius 2 is 1.88 bits per heavy atom. The predicted molar refractivity (Wildman–Crippen MR) is 124 cm³/mol. The Balaban J connectivity index is 1.43. The lowest BCUT2D eigenvalue weighted by Crippen LogP contribution is -2.31. The van der Waals surface area contributed by atoms with Crippen LogP contribution in [-0.4, -0.2) is 49.2 Å². The molecule has 0 saturated carbocycles. The van der Waals surface area contributed by atoms with E-state index in [4.69, 9.17) is 0 Å². The van der Waals surface area contributed by atoms with Gasteiger partial charge in [0.2, 0.25) is 21.8 Å². The smallest absolute Gasteiger partial charge is 0.243 e. The molecule has 4 rings (SSSR count). The standard InChI is InChI=1S/C22H28N4O4S2/c1-3-25(4-2)32(29,30)17-11-9-16(10-12-17)26-14-15(13-20(26)27)21(28)24-22-23-18-7-5-6-8-19(18)31-22/h9-12,15H,3-8,13-14H2,1-2H3,(H,23,24,28)/t15-/m0/s1. The van der Waals surface area contributed by atoms with E-state index in [-0.39, 0.29) is 29.7 Å². The molecule has 32 heavy (non-hydrogen) atoms. The minimum Gasteiger partial charge on any atom is -0.312 e. The molecular formula is C22H28N4O4S2. The molecule has 2 aliphatic rings. The van der Waals surface area contributed by atoms with Gasteiger partial charge in [-0.2, -0.15) is 4.31 Å². The van der Waals surface area contributed by atoms with Gasteiger partial charge in [0.15, 0.2) is 5.13 Å². The van der Waals surface area contributed by atoms with Crippen molar-refractivity contribution in [1.29, 1.82) is 0 Å². The highest BCUT2D eigenvalue weighted by Crippen LogP contribution is 2.31. The number of thiazole rings is 1. The quantitative estimate of drug-likeness (QED) is 0.662. The number of nitrogens with zero attached hydrogens (tertiary/aromatic N) is 3. The minimum atomic E-state index is -3.56. The molecule has 1 saturated heterocycles. The Morgan fingerprint density at radius 1 is 1.19 bits per heavy atom. The van der Waals surface area contributed by atoms with E-state index in [1.807, 2.05) is 0 Å². The summed E-state index contributed by atoms with van der Waals surface area (Å²) in [6.07, 6.45) is 4.38. The molecule has 0 spiro atoms. The molecule has 0 bridgehead atoms. The van der Waals surface area contributed by atoms with Gasteiger partial charge in [0.05, 0.1) is 16.5 Å².